The molecule has 0 spiro atoms. The van der Waals surface area contributed by atoms with Crippen LogP contribution in [0.2, 0.25) is 0 Å². The van der Waals surface area contributed by atoms with Gasteiger partial charge in [-0.2, -0.15) is 4.98 Å². The predicted octanol–water partition coefficient (Wildman–Crippen LogP) is 2.04. The lowest BCUT2D eigenvalue weighted by Crippen LogP contribution is -2.22. The SMILES string of the molecule is CCc1cc2c(N3CCC(CCO)C3)nc(N)nc2s1. The molecule has 0 aliphatic carbocycles. The maximum Gasteiger partial charge on any atom is 0.223 e. The predicted molar refractivity (Wildman–Crippen MR) is 83.2 cm³/mol. The van der Waals surface area contributed by atoms with Crippen LogP contribution < -0.4 is 10.6 Å². The molecule has 2 aromatic rings. The number of thiophene rings is 1. The number of nitrogens with two attached hydrogens (primary N) is 1. The Morgan fingerprint density at radius 2 is 2.35 bits per heavy atom. The number of aliphatic hydroxyl groups is 1. The van der Waals surface area contributed by atoms with Crippen LogP contribution in [0, 0.1) is 5.92 Å². The zero-order chi connectivity index (χ0) is 14.1. The molecule has 6 heteroatoms. The van der Waals surface area contributed by atoms with Crippen LogP contribution in [0.1, 0.15) is 24.6 Å². The molecule has 0 radical (unpaired) electrons. The summed E-state index contributed by atoms with van der Waals surface area (Å²) in [6, 6.07) is 2.19. The van der Waals surface area contributed by atoms with Gasteiger partial charge in [0, 0.05) is 24.6 Å². The van der Waals surface area contributed by atoms with Crippen molar-refractivity contribution in [2.24, 2.45) is 5.92 Å². The van der Waals surface area contributed by atoms with Gasteiger partial charge in [0.15, 0.2) is 0 Å². The second kappa shape index (κ2) is 5.54. The summed E-state index contributed by atoms with van der Waals surface area (Å²) < 4.78 is 0. The van der Waals surface area contributed by atoms with E-state index >= 15 is 0 Å². The summed E-state index contributed by atoms with van der Waals surface area (Å²) in [6.45, 7) is 4.34. The van der Waals surface area contributed by atoms with E-state index in [9.17, 15) is 0 Å². The molecule has 3 rings (SSSR count). The summed E-state index contributed by atoms with van der Waals surface area (Å²) >= 11 is 1.70. The molecule has 3 N–H and O–H groups in total. The quantitative estimate of drug-likeness (QED) is 0.902. The molecule has 108 valence electrons. The molecule has 2 aromatic heterocycles. The maximum absolute atomic E-state index is 9.07. The van der Waals surface area contributed by atoms with Crippen LogP contribution in [0.5, 0.6) is 0 Å². The number of aryl methyl sites for hydroxylation is 1. The average Bonchev–Trinajstić information content (AvgIpc) is 3.04. The van der Waals surface area contributed by atoms with Crippen molar-refractivity contribution in [1.82, 2.24) is 9.97 Å². The minimum Gasteiger partial charge on any atom is -0.396 e. The summed E-state index contributed by atoms with van der Waals surface area (Å²) in [5.74, 6) is 1.86. The van der Waals surface area contributed by atoms with Crippen molar-refractivity contribution < 1.29 is 5.11 Å². The van der Waals surface area contributed by atoms with Gasteiger partial charge < -0.3 is 15.7 Å². The summed E-state index contributed by atoms with van der Waals surface area (Å²) in [5.41, 5.74) is 5.85. The smallest absolute Gasteiger partial charge is 0.223 e. The number of aliphatic hydroxyl groups excluding tert-OH is 1. The van der Waals surface area contributed by atoms with Gasteiger partial charge in [-0.3, -0.25) is 0 Å². The van der Waals surface area contributed by atoms with E-state index in [0.717, 1.165) is 48.4 Å². The van der Waals surface area contributed by atoms with Crippen LogP contribution in [0.25, 0.3) is 10.2 Å². The average molecular weight is 292 g/mol. The number of hydrogen-bond donors (Lipinski definition) is 2. The third kappa shape index (κ3) is 2.45. The van der Waals surface area contributed by atoms with Crippen molar-refractivity contribution in [2.75, 3.05) is 30.3 Å². The number of aromatic nitrogens is 2. The van der Waals surface area contributed by atoms with E-state index in [0.29, 0.717) is 11.9 Å². The zero-order valence-corrected chi connectivity index (χ0v) is 12.5. The minimum absolute atomic E-state index is 0.262. The molecule has 3 heterocycles. The van der Waals surface area contributed by atoms with Crippen molar-refractivity contribution in [2.45, 2.75) is 26.2 Å². The lowest BCUT2D eigenvalue weighted by Gasteiger charge is -2.18. The Morgan fingerprint density at radius 3 is 3.10 bits per heavy atom. The van der Waals surface area contributed by atoms with Gasteiger partial charge in [0.25, 0.3) is 0 Å². The molecule has 5 nitrogen and oxygen atoms in total. The molecule has 20 heavy (non-hydrogen) atoms. The van der Waals surface area contributed by atoms with Crippen molar-refractivity contribution in [3.8, 4) is 0 Å². The van der Waals surface area contributed by atoms with Crippen molar-refractivity contribution in [3.63, 3.8) is 0 Å². The standard InChI is InChI=1S/C14H20N4OS/c1-2-10-7-11-12(16-14(15)17-13(11)20-10)18-5-3-9(8-18)4-6-19/h7,9,19H,2-6,8H2,1H3,(H2,15,16,17). The van der Waals surface area contributed by atoms with E-state index in [4.69, 9.17) is 10.8 Å². The van der Waals surface area contributed by atoms with Gasteiger partial charge in [-0.05, 0) is 31.2 Å². The second-order valence-electron chi connectivity index (χ2n) is 5.30. The first-order valence-electron chi connectivity index (χ1n) is 7.13. The number of anilines is 2. The highest BCUT2D eigenvalue weighted by molar-refractivity contribution is 7.18. The first-order valence-corrected chi connectivity index (χ1v) is 7.94. The van der Waals surface area contributed by atoms with Crippen LogP contribution >= 0.6 is 11.3 Å². The topological polar surface area (TPSA) is 75.3 Å². The van der Waals surface area contributed by atoms with E-state index < -0.39 is 0 Å². The molecule has 1 fully saturated rings. The Hall–Kier alpha value is -1.40. The molecule has 0 bridgehead atoms. The van der Waals surface area contributed by atoms with Crippen molar-refractivity contribution in [1.29, 1.82) is 0 Å². The molecule has 1 atom stereocenters. The molecule has 0 saturated carbocycles. The van der Waals surface area contributed by atoms with Gasteiger partial charge >= 0.3 is 0 Å². The monoisotopic (exact) mass is 292 g/mol. The molecule has 0 aromatic carbocycles. The molecule has 1 aliphatic heterocycles. The van der Waals surface area contributed by atoms with Gasteiger partial charge in [-0.25, -0.2) is 4.98 Å². The van der Waals surface area contributed by atoms with E-state index in [2.05, 4.69) is 27.9 Å². The lowest BCUT2D eigenvalue weighted by atomic mass is 10.1. The Kier molecular flexibility index (Phi) is 3.76. The maximum atomic E-state index is 9.07. The fourth-order valence-electron chi connectivity index (χ4n) is 2.83. The number of rotatable bonds is 4. The van der Waals surface area contributed by atoms with Gasteiger partial charge in [-0.1, -0.05) is 6.92 Å². The van der Waals surface area contributed by atoms with Crippen molar-refractivity contribution >= 4 is 33.3 Å². The van der Waals surface area contributed by atoms with Gasteiger partial charge in [-0.15, -0.1) is 11.3 Å². The summed E-state index contributed by atoms with van der Waals surface area (Å²) in [6.07, 6.45) is 2.98. The molecule has 0 amide bonds. The summed E-state index contributed by atoms with van der Waals surface area (Å²) in [4.78, 5) is 13.4. The number of hydrogen-bond acceptors (Lipinski definition) is 6. The fourth-order valence-corrected chi connectivity index (χ4v) is 3.80. The van der Waals surface area contributed by atoms with Crippen LogP contribution in [0.15, 0.2) is 6.07 Å². The van der Waals surface area contributed by atoms with E-state index in [-0.39, 0.29) is 6.61 Å². The third-order valence-electron chi connectivity index (χ3n) is 3.91. The number of nitrogens with zero attached hydrogens (tertiary/aromatic N) is 3. The Morgan fingerprint density at radius 1 is 1.50 bits per heavy atom. The summed E-state index contributed by atoms with van der Waals surface area (Å²) in [7, 11) is 0. The Labute approximate surface area is 122 Å². The van der Waals surface area contributed by atoms with Gasteiger partial charge in [0.1, 0.15) is 10.6 Å². The number of nitrogen functional groups attached to an aromatic ring is 1. The van der Waals surface area contributed by atoms with Gasteiger partial charge in [0.2, 0.25) is 5.95 Å². The molecular weight excluding hydrogens is 272 g/mol. The largest absolute Gasteiger partial charge is 0.396 e. The number of fused-ring (bicyclic) bond motifs is 1. The van der Waals surface area contributed by atoms with E-state index in [1.54, 1.807) is 11.3 Å². The highest BCUT2D eigenvalue weighted by Gasteiger charge is 2.25. The normalized spacial score (nSPS) is 19.1. The zero-order valence-electron chi connectivity index (χ0n) is 11.7. The highest BCUT2D eigenvalue weighted by atomic mass is 32.1. The second-order valence-corrected chi connectivity index (χ2v) is 6.42. The Balaban J connectivity index is 1.96. The minimum atomic E-state index is 0.262. The first-order chi connectivity index (χ1) is 9.71. The van der Waals surface area contributed by atoms with E-state index in [1.165, 1.54) is 4.88 Å². The first kappa shape index (κ1) is 13.6. The summed E-state index contributed by atoms with van der Waals surface area (Å²) in [5, 5.41) is 10.2. The molecular formula is C14H20N4OS. The third-order valence-corrected chi connectivity index (χ3v) is 5.09. The molecule has 1 saturated heterocycles. The van der Waals surface area contributed by atoms with Crippen LogP contribution in [0.3, 0.4) is 0 Å². The fraction of sp³-hybridized carbons (Fsp3) is 0.571. The molecule has 1 aliphatic rings. The Bertz CT molecular complexity index is 612. The van der Waals surface area contributed by atoms with Crippen LogP contribution in [-0.4, -0.2) is 34.8 Å². The van der Waals surface area contributed by atoms with Crippen LogP contribution in [-0.2, 0) is 6.42 Å². The van der Waals surface area contributed by atoms with Crippen molar-refractivity contribution in [3.05, 3.63) is 10.9 Å². The highest BCUT2D eigenvalue weighted by Crippen LogP contribution is 2.34. The lowest BCUT2D eigenvalue weighted by molar-refractivity contribution is 0.263. The molecule has 1 unspecified atom stereocenters. The van der Waals surface area contributed by atoms with Crippen LogP contribution in [0.4, 0.5) is 11.8 Å². The van der Waals surface area contributed by atoms with E-state index in [1.807, 2.05) is 0 Å². The van der Waals surface area contributed by atoms with Gasteiger partial charge in [0.05, 0.1) is 5.39 Å².